The number of amides is 1. The smallest absolute Gasteiger partial charge is 0.306 e. The Morgan fingerprint density at radius 3 is 1.39 bits per heavy atom. The van der Waals surface area contributed by atoms with E-state index < -0.39 is 18.2 Å². The quantitative estimate of drug-likeness (QED) is 0.0245. The molecule has 0 aliphatic carbocycles. The largest absolute Gasteiger partial charge is 0.462 e. The number of unbranched alkanes of at least 4 members (excludes halogenated alkanes) is 21. The molecular formula is C60H101NO5. The van der Waals surface area contributed by atoms with E-state index in [4.69, 9.17) is 4.74 Å². The molecule has 0 aromatic carbocycles. The van der Waals surface area contributed by atoms with E-state index in [0.717, 1.165) is 64.2 Å². The summed E-state index contributed by atoms with van der Waals surface area (Å²) in [6.07, 6.45) is 71.6. The van der Waals surface area contributed by atoms with Gasteiger partial charge in [-0.05, 0) is 77.0 Å². The SMILES string of the molecule is CC/C=C/C=C/C=C\C=C/C=C/CCCC(CC(=O)NC(CO)C(O)CCCCCCCCCCCCCCCCCCC)OC(=O)CCC/C=C\C/C=C\C/C=C\C/C=C\CCCCC. The number of esters is 1. The van der Waals surface area contributed by atoms with Crippen molar-refractivity contribution in [3.63, 3.8) is 0 Å². The van der Waals surface area contributed by atoms with Gasteiger partial charge in [-0.15, -0.1) is 0 Å². The maximum absolute atomic E-state index is 13.2. The summed E-state index contributed by atoms with van der Waals surface area (Å²) in [6, 6.07) is -0.743. The number of rotatable bonds is 47. The molecule has 0 bridgehead atoms. The second-order valence-corrected chi connectivity index (χ2v) is 18.0. The lowest BCUT2D eigenvalue weighted by atomic mass is 10.0. The molecule has 3 N–H and O–H groups in total. The highest BCUT2D eigenvalue weighted by Crippen LogP contribution is 2.17. The summed E-state index contributed by atoms with van der Waals surface area (Å²) in [7, 11) is 0. The number of nitrogens with one attached hydrogen (secondary N) is 1. The average molecular weight is 916 g/mol. The van der Waals surface area contributed by atoms with Crippen LogP contribution in [0, 0.1) is 0 Å². The van der Waals surface area contributed by atoms with Gasteiger partial charge in [0.15, 0.2) is 0 Å². The molecule has 0 fully saturated rings. The van der Waals surface area contributed by atoms with Gasteiger partial charge in [0, 0.05) is 6.42 Å². The van der Waals surface area contributed by atoms with Crippen molar-refractivity contribution in [2.75, 3.05) is 6.61 Å². The Labute approximate surface area is 407 Å². The van der Waals surface area contributed by atoms with E-state index in [2.05, 4.69) is 86.8 Å². The minimum Gasteiger partial charge on any atom is -0.462 e. The molecule has 0 aliphatic heterocycles. The Balaban J connectivity index is 4.71. The first kappa shape index (κ1) is 62.5. The molecule has 376 valence electrons. The lowest BCUT2D eigenvalue weighted by molar-refractivity contribution is -0.151. The third-order valence-corrected chi connectivity index (χ3v) is 11.7. The highest BCUT2D eigenvalue weighted by atomic mass is 16.5. The second-order valence-electron chi connectivity index (χ2n) is 18.0. The predicted molar refractivity (Wildman–Crippen MR) is 287 cm³/mol. The van der Waals surface area contributed by atoms with Gasteiger partial charge in [-0.25, -0.2) is 0 Å². The Bertz CT molecular complexity index is 1350. The molecule has 0 heterocycles. The lowest BCUT2D eigenvalue weighted by Crippen LogP contribution is -2.46. The summed E-state index contributed by atoms with van der Waals surface area (Å²) in [4.78, 5) is 26.2. The highest BCUT2D eigenvalue weighted by molar-refractivity contribution is 5.77. The van der Waals surface area contributed by atoms with Crippen LogP contribution in [-0.4, -0.2) is 46.9 Å². The molecule has 66 heavy (non-hydrogen) atoms. The molecule has 3 atom stereocenters. The zero-order chi connectivity index (χ0) is 48.1. The normalized spacial score (nSPS) is 14.1. The second kappa shape index (κ2) is 52.5. The molecule has 6 nitrogen and oxygen atoms in total. The summed E-state index contributed by atoms with van der Waals surface area (Å²) >= 11 is 0. The molecule has 0 saturated carbocycles. The van der Waals surface area contributed by atoms with Gasteiger partial charge in [-0.1, -0.05) is 252 Å². The number of allylic oxidation sites excluding steroid dienone is 18. The van der Waals surface area contributed by atoms with E-state index >= 15 is 0 Å². The topological polar surface area (TPSA) is 95.9 Å². The molecule has 0 aromatic heterocycles. The fraction of sp³-hybridized carbons (Fsp3) is 0.667. The summed E-state index contributed by atoms with van der Waals surface area (Å²) in [5.74, 6) is -0.621. The molecule has 6 heteroatoms. The van der Waals surface area contributed by atoms with E-state index in [1.54, 1.807) is 0 Å². The van der Waals surface area contributed by atoms with Crippen LogP contribution in [0.15, 0.2) is 109 Å². The van der Waals surface area contributed by atoms with E-state index in [-0.39, 0.29) is 31.3 Å². The number of hydrogen-bond donors (Lipinski definition) is 3. The van der Waals surface area contributed by atoms with Gasteiger partial charge in [-0.2, -0.15) is 0 Å². The number of ether oxygens (including phenoxy) is 1. The van der Waals surface area contributed by atoms with Crippen LogP contribution in [0.3, 0.4) is 0 Å². The van der Waals surface area contributed by atoms with Crippen molar-refractivity contribution >= 4 is 11.9 Å². The zero-order valence-corrected chi connectivity index (χ0v) is 42.8. The Morgan fingerprint density at radius 1 is 0.470 bits per heavy atom. The number of carbonyl (C=O) groups is 2. The van der Waals surface area contributed by atoms with Gasteiger partial charge in [0.25, 0.3) is 0 Å². The molecule has 0 rings (SSSR count). The fourth-order valence-corrected chi connectivity index (χ4v) is 7.63. The van der Waals surface area contributed by atoms with E-state index in [9.17, 15) is 19.8 Å². The zero-order valence-electron chi connectivity index (χ0n) is 42.8. The monoisotopic (exact) mass is 916 g/mol. The van der Waals surface area contributed by atoms with Crippen molar-refractivity contribution in [1.29, 1.82) is 0 Å². The first-order valence-electron chi connectivity index (χ1n) is 27.2. The van der Waals surface area contributed by atoms with Gasteiger partial charge in [-0.3, -0.25) is 9.59 Å². The number of hydrogen-bond acceptors (Lipinski definition) is 5. The van der Waals surface area contributed by atoms with Gasteiger partial charge >= 0.3 is 5.97 Å². The Hall–Kier alpha value is -3.48. The van der Waals surface area contributed by atoms with Crippen LogP contribution in [0.4, 0.5) is 0 Å². The lowest BCUT2D eigenvalue weighted by Gasteiger charge is -2.24. The first-order valence-corrected chi connectivity index (χ1v) is 27.2. The fourth-order valence-electron chi connectivity index (χ4n) is 7.63. The van der Waals surface area contributed by atoms with Crippen molar-refractivity contribution < 1.29 is 24.5 Å². The third kappa shape index (κ3) is 47.0. The molecule has 0 saturated heterocycles. The van der Waals surface area contributed by atoms with Crippen LogP contribution in [0.25, 0.3) is 0 Å². The third-order valence-electron chi connectivity index (χ3n) is 11.7. The minimum absolute atomic E-state index is 0.000628. The van der Waals surface area contributed by atoms with Crippen molar-refractivity contribution in [3.8, 4) is 0 Å². The molecule has 3 unspecified atom stereocenters. The minimum atomic E-state index is -0.823. The summed E-state index contributed by atoms with van der Waals surface area (Å²) in [5.41, 5.74) is 0. The van der Waals surface area contributed by atoms with Crippen LogP contribution in [0.2, 0.25) is 0 Å². The highest BCUT2D eigenvalue weighted by Gasteiger charge is 2.24. The summed E-state index contributed by atoms with van der Waals surface area (Å²) in [6.45, 7) is 6.28. The Kier molecular flexibility index (Phi) is 49.7. The van der Waals surface area contributed by atoms with Gasteiger partial charge in [0.05, 0.1) is 25.2 Å². The van der Waals surface area contributed by atoms with E-state index in [0.29, 0.717) is 19.3 Å². The van der Waals surface area contributed by atoms with E-state index in [1.807, 2.05) is 48.6 Å². The Morgan fingerprint density at radius 2 is 0.894 bits per heavy atom. The maximum atomic E-state index is 13.2. The van der Waals surface area contributed by atoms with Gasteiger partial charge in [0.1, 0.15) is 6.10 Å². The predicted octanol–water partition coefficient (Wildman–Crippen LogP) is 16.7. The van der Waals surface area contributed by atoms with Crippen molar-refractivity contribution in [2.24, 2.45) is 0 Å². The van der Waals surface area contributed by atoms with Gasteiger partial charge < -0.3 is 20.3 Å². The van der Waals surface area contributed by atoms with E-state index in [1.165, 1.54) is 116 Å². The molecule has 0 aromatic rings. The van der Waals surface area contributed by atoms with Crippen molar-refractivity contribution in [3.05, 3.63) is 109 Å². The van der Waals surface area contributed by atoms with Crippen molar-refractivity contribution in [1.82, 2.24) is 5.32 Å². The van der Waals surface area contributed by atoms with Crippen molar-refractivity contribution in [2.45, 2.75) is 251 Å². The number of aliphatic hydroxyl groups excluding tert-OH is 2. The number of aliphatic hydroxyl groups is 2. The van der Waals surface area contributed by atoms with Crippen LogP contribution in [0.5, 0.6) is 0 Å². The molecule has 1 amide bonds. The molecular weight excluding hydrogens is 815 g/mol. The maximum Gasteiger partial charge on any atom is 0.306 e. The van der Waals surface area contributed by atoms with Crippen LogP contribution < -0.4 is 5.32 Å². The molecule has 0 spiro atoms. The molecule has 0 aliphatic rings. The van der Waals surface area contributed by atoms with Crippen LogP contribution >= 0.6 is 0 Å². The summed E-state index contributed by atoms with van der Waals surface area (Å²) in [5, 5.41) is 23.8. The summed E-state index contributed by atoms with van der Waals surface area (Å²) < 4.78 is 5.87. The molecule has 0 radical (unpaired) electrons. The average Bonchev–Trinajstić information content (AvgIpc) is 3.31. The van der Waals surface area contributed by atoms with Crippen LogP contribution in [0.1, 0.15) is 233 Å². The first-order chi connectivity index (χ1) is 32.5. The van der Waals surface area contributed by atoms with Crippen LogP contribution in [-0.2, 0) is 14.3 Å². The standard InChI is InChI=1S/C60H101NO5/c1-4-7-10-13-16-19-22-25-27-29-31-34-37-40-43-46-49-52-58(63)57(55-62)61-59(64)54-56(51-48-45-42-39-36-33-24-21-18-15-12-9-6-3)66-60(65)53-50-47-44-41-38-35-32-30-28-26-23-20-17-14-11-8-5-2/h9,12,15,17-18,20-21,24,26,28,32-33,35-36,39,41-42,44,56-58,62-63H,4-8,10-11,13-14,16,19,22-23,25,27,29-31,34,37-38,40,43,45-55H2,1-3H3,(H,61,64)/b12-9+,18-15+,20-17-,24-21-,28-26-,35-32-,36-33-,42-39+,44-41-. The number of carbonyl (C=O) groups excluding carboxylic acids is 2. The van der Waals surface area contributed by atoms with Gasteiger partial charge in [0.2, 0.25) is 5.91 Å².